The summed E-state index contributed by atoms with van der Waals surface area (Å²) in [6.45, 7) is 0. The lowest BCUT2D eigenvalue weighted by molar-refractivity contribution is 0.241. The Balaban J connectivity index is 4.19. The molecule has 0 amide bonds. The molecule has 0 aromatic carbocycles. The van der Waals surface area contributed by atoms with E-state index in [2.05, 4.69) is 41.0 Å². The molecule has 4 heteroatoms. The van der Waals surface area contributed by atoms with Crippen LogP contribution in [0.5, 0.6) is 0 Å². The van der Waals surface area contributed by atoms with E-state index < -0.39 is 0 Å². The molecule has 0 unspecified atom stereocenters. The summed E-state index contributed by atoms with van der Waals surface area (Å²) in [7, 11) is 14.4. The SMILES string of the molecule is [Si]CCC(CC[Si])(CC[Si])CC[Si]. The molecule has 0 nitrogen and oxygen atoms in total. The van der Waals surface area contributed by atoms with Crippen molar-refractivity contribution in [3.8, 4) is 0 Å². The van der Waals surface area contributed by atoms with Crippen LogP contribution in [0, 0.1) is 5.41 Å². The van der Waals surface area contributed by atoms with Gasteiger partial charge in [0.25, 0.3) is 0 Å². The first-order valence-electron chi connectivity index (χ1n) is 4.83. The summed E-state index contributed by atoms with van der Waals surface area (Å²) >= 11 is 0. The third-order valence-corrected chi connectivity index (χ3v) is 3.62. The van der Waals surface area contributed by atoms with Gasteiger partial charge in [0.1, 0.15) is 0 Å². The lowest BCUT2D eigenvalue weighted by Crippen LogP contribution is -2.20. The standard InChI is InChI=1S/C9H16Si4/c10-5-1-9(2-6-11,3-7-12)4-8-13/h1-8H2. The highest BCUT2D eigenvalue weighted by Crippen LogP contribution is 2.39. The van der Waals surface area contributed by atoms with Crippen LogP contribution in [0.25, 0.3) is 0 Å². The highest BCUT2D eigenvalue weighted by atomic mass is 28.2. The predicted octanol–water partition coefficient (Wildman–Crippen LogP) is 1.88. The van der Waals surface area contributed by atoms with Crippen LogP contribution in [0.3, 0.4) is 0 Å². The maximum atomic E-state index is 3.59. The summed E-state index contributed by atoms with van der Waals surface area (Å²) in [4.78, 5) is 0. The van der Waals surface area contributed by atoms with Crippen LogP contribution in [0.2, 0.25) is 24.2 Å². The first-order chi connectivity index (χ1) is 6.24. The van der Waals surface area contributed by atoms with Gasteiger partial charge in [-0.25, -0.2) is 0 Å². The molecule has 0 rings (SSSR count). The van der Waals surface area contributed by atoms with Crippen LogP contribution in [-0.4, -0.2) is 41.0 Å². The summed E-state index contributed by atoms with van der Waals surface area (Å²) in [5, 5.41) is 0. The van der Waals surface area contributed by atoms with E-state index in [1.54, 1.807) is 0 Å². The zero-order valence-corrected chi connectivity index (χ0v) is 12.2. The summed E-state index contributed by atoms with van der Waals surface area (Å²) in [6, 6.07) is 4.41. The topological polar surface area (TPSA) is 0 Å². The molecule has 0 bridgehead atoms. The largest absolute Gasteiger partial charge is 0.0633 e. The van der Waals surface area contributed by atoms with Gasteiger partial charge in [-0.15, -0.1) is 0 Å². The summed E-state index contributed by atoms with van der Waals surface area (Å²) in [5.74, 6) is 0. The number of rotatable bonds is 8. The van der Waals surface area contributed by atoms with Crippen molar-refractivity contribution >= 4 is 41.0 Å². The van der Waals surface area contributed by atoms with Crippen molar-refractivity contribution in [2.75, 3.05) is 0 Å². The van der Waals surface area contributed by atoms with Gasteiger partial charge in [-0.1, -0.05) is 49.9 Å². The molecule has 0 fully saturated rings. The molecule has 0 aliphatic heterocycles. The summed E-state index contributed by atoms with van der Waals surface area (Å²) < 4.78 is 0. The van der Waals surface area contributed by atoms with Crippen molar-refractivity contribution in [3.63, 3.8) is 0 Å². The molecule has 0 aliphatic carbocycles. The Morgan fingerprint density at radius 1 is 0.538 bits per heavy atom. The minimum absolute atomic E-state index is 0.507. The van der Waals surface area contributed by atoms with Gasteiger partial charge in [0.2, 0.25) is 0 Å². The van der Waals surface area contributed by atoms with Crippen molar-refractivity contribution in [1.29, 1.82) is 0 Å². The van der Waals surface area contributed by atoms with Crippen LogP contribution in [0.15, 0.2) is 0 Å². The van der Waals surface area contributed by atoms with Gasteiger partial charge < -0.3 is 0 Å². The minimum atomic E-state index is 0.507. The molecule has 0 spiro atoms. The zero-order valence-electron chi connectivity index (χ0n) is 8.16. The highest BCUT2D eigenvalue weighted by molar-refractivity contribution is 6.09. The van der Waals surface area contributed by atoms with E-state index in [9.17, 15) is 0 Å². The lowest BCUT2D eigenvalue weighted by atomic mass is 9.77. The number of hydrogen-bond donors (Lipinski definition) is 0. The fourth-order valence-corrected chi connectivity index (χ4v) is 3.93. The van der Waals surface area contributed by atoms with Gasteiger partial charge in [-0.2, -0.15) is 0 Å². The first-order valence-corrected chi connectivity index (χ1v) is 7.66. The Labute approximate surface area is 96.3 Å². The molecule has 0 saturated carbocycles. The molecule has 13 heavy (non-hydrogen) atoms. The Morgan fingerprint density at radius 3 is 0.923 bits per heavy atom. The van der Waals surface area contributed by atoms with Crippen LogP contribution in [0.1, 0.15) is 25.7 Å². The Bertz CT molecular complexity index is 86.7. The van der Waals surface area contributed by atoms with E-state index in [4.69, 9.17) is 0 Å². The van der Waals surface area contributed by atoms with E-state index >= 15 is 0 Å². The Morgan fingerprint density at radius 2 is 0.769 bits per heavy atom. The van der Waals surface area contributed by atoms with Gasteiger partial charge in [0, 0.05) is 41.0 Å². The third kappa shape index (κ3) is 5.34. The average molecular weight is 237 g/mol. The van der Waals surface area contributed by atoms with Gasteiger partial charge >= 0.3 is 0 Å². The molecular weight excluding hydrogens is 220 g/mol. The number of hydrogen-bond acceptors (Lipinski definition) is 0. The van der Waals surface area contributed by atoms with Gasteiger partial charge in [-0.3, -0.25) is 0 Å². The maximum Gasteiger partial charge on any atom is 0.0222 e. The second-order valence-corrected chi connectivity index (χ2v) is 5.50. The fourth-order valence-electron chi connectivity index (χ4n) is 1.81. The van der Waals surface area contributed by atoms with E-state index in [1.165, 1.54) is 25.7 Å². The van der Waals surface area contributed by atoms with Gasteiger partial charge in [0.05, 0.1) is 0 Å². The van der Waals surface area contributed by atoms with E-state index in [0.29, 0.717) is 5.41 Å². The van der Waals surface area contributed by atoms with E-state index in [-0.39, 0.29) is 0 Å². The van der Waals surface area contributed by atoms with Crippen molar-refractivity contribution in [2.24, 2.45) is 5.41 Å². The van der Waals surface area contributed by atoms with Gasteiger partial charge in [0.15, 0.2) is 0 Å². The van der Waals surface area contributed by atoms with Crippen LogP contribution in [0.4, 0.5) is 0 Å². The molecule has 0 aromatic heterocycles. The normalized spacial score (nSPS) is 12.0. The first kappa shape index (κ1) is 13.9. The molecule has 0 aromatic rings. The van der Waals surface area contributed by atoms with Crippen molar-refractivity contribution in [1.82, 2.24) is 0 Å². The molecule has 0 aliphatic rings. The molecule has 68 valence electrons. The molecule has 0 N–H and O–H groups in total. The molecule has 12 radical (unpaired) electrons. The van der Waals surface area contributed by atoms with E-state index in [1.807, 2.05) is 0 Å². The second kappa shape index (κ2) is 8.20. The minimum Gasteiger partial charge on any atom is -0.0633 e. The van der Waals surface area contributed by atoms with Crippen LogP contribution < -0.4 is 0 Å². The second-order valence-electron chi connectivity index (χ2n) is 3.50. The summed E-state index contributed by atoms with van der Waals surface area (Å²) in [6.07, 6.45) is 5.07. The fraction of sp³-hybridized carbons (Fsp3) is 1.00. The Kier molecular flexibility index (Phi) is 8.75. The third-order valence-electron chi connectivity index (χ3n) is 2.62. The van der Waals surface area contributed by atoms with Crippen molar-refractivity contribution in [3.05, 3.63) is 0 Å². The van der Waals surface area contributed by atoms with Crippen molar-refractivity contribution in [2.45, 2.75) is 49.9 Å². The van der Waals surface area contributed by atoms with Gasteiger partial charge in [-0.05, 0) is 5.41 Å². The molecule has 0 saturated heterocycles. The molecule has 0 heterocycles. The van der Waals surface area contributed by atoms with Crippen molar-refractivity contribution < 1.29 is 0 Å². The van der Waals surface area contributed by atoms with Crippen LogP contribution in [-0.2, 0) is 0 Å². The highest BCUT2D eigenvalue weighted by Gasteiger charge is 2.25. The maximum absolute atomic E-state index is 3.59. The Hall–Kier alpha value is 0.868. The smallest absolute Gasteiger partial charge is 0.0222 e. The zero-order chi connectivity index (χ0) is 10.2. The molecular formula is C9H16Si4. The molecule has 0 atom stereocenters. The predicted molar refractivity (Wildman–Crippen MR) is 63.1 cm³/mol. The monoisotopic (exact) mass is 236 g/mol. The quantitative estimate of drug-likeness (QED) is 0.565. The summed E-state index contributed by atoms with van der Waals surface area (Å²) in [5.41, 5.74) is 0.507. The van der Waals surface area contributed by atoms with Crippen LogP contribution >= 0.6 is 0 Å². The average Bonchev–Trinajstić information content (AvgIpc) is 2.06. The van der Waals surface area contributed by atoms with E-state index in [0.717, 1.165) is 24.2 Å². The lowest BCUT2D eigenvalue weighted by Gasteiger charge is -2.33.